The summed E-state index contributed by atoms with van der Waals surface area (Å²) >= 11 is 0. The molecule has 1 rings (SSSR count). The third-order valence-electron chi connectivity index (χ3n) is 3.77. The van der Waals surface area contributed by atoms with Crippen molar-refractivity contribution in [1.29, 1.82) is 0 Å². The fraction of sp³-hybridized carbons (Fsp3) is 0.667. The van der Waals surface area contributed by atoms with Gasteiger partial charge in [0, 0.05) is 6.04 Å². The SMILES string of the molecule is CCCNC(CCOc1cccc(C)c1)C(C)CCC. The molecule has 0 bridgehead atoms. The first-order valence-corrected chi connectivity index (χ1v) is 8.10. The van der Waals surface area contributed by atoms with Crippen molar-refractivity contribution in [3.63, 3.8) is 0 Å². The first-order valence-electron chi connectivity index (χ1n) is 8.10. The molecule has 2 nitrogen and oxygen atoms in total. The van der Waals surface area contributed by atoms with Gasteiger partial charge in [0.05, 0.1) is 6.61 Å². The van der Waals surface area contributed by atoms with Gasteiger partial charge >= 0.3 is 0 Å². The maximum absolute atomic E-state index is 5.89. The number of aryl methyl sites for hydroxylation is 1. The molecule has 1 aromatic rings. The van der Waals surface area contributed by atoms with E-state index in [1.54, 1.807) is 0 Å². The molecule has 0 aliphatic heterocycles. The number of hydrogen-bond donors (Lipinski definition) is 1. The van der Waals surface area contributed by atoms with E-state index >= 15 is 0 Å². The minimum absolute atomic E-state index is 0.569. The van der Waals surface area contributed by atoms with E-state index in [1.165, 1.54) is 24.8 Å². The molecule has 20 heavy (non-hydrogen) atoms. The topological polar surface area (TPSA) is 21.3 Å². The van der Waals surface area contributed by atoms with Gasteiger partial charge in [-0.05, 0) is 56.3 Å². The molecule has 0 saturated carbocycles. The smallest absolute Gasteiger partial charge is 0.119 e. The second-order valence-electron chi connectivity index (χ2n) is 5.78. The molecule has 0 heterocycles. The van der Waals surface area contributed by atoms with E-state index in [0.29, 0.717) is 12.0 Å². The first kappa shape index (κ1) is 17.0. The van der Waals surface area contributed by atoms with Crippen LogP contribution >= 0.6 is 0 Å². The molecule has 2 unspecified atom stereocenters. The summed E-state index contributed by atoms with van der Waals surface area (Å²) in [5.74, 6) is 1.70. The number of benzene rings is 1. The summed E-state index contributed by atoms with van der Waals surface area (Å²) in [6.07, 6.45) is 4.80. The predicted molar refractivity (Wildman–Crippen MR) is 87.4 cm³/mol. The van der Waals surface area contributed by atoms with E-state index in [1.807, 2.05) is 6.07 Å². The average Bonchev–Trinajstić information content (AvgIpc) is 2.43. The van der Waals surface area contributed by atoms with Crippen LogP contribution in [0.5, 0.6) is 5.75 Å². The Balaban J connectivity index is 2.40. The summed E-state index contributed by atoms with van der Waals surface area (Å²) in [6, 6.07) is 8.86. The Morgan fingerprint density at radius 3 is 2.60 bits per heavy atom. The van der Waals surface area contributed by atoms with Crippen LogP contribution < -0.4 is 10.1 Å². The van der Waals surface area contributed by atoms with Crippen LogP contribution in [0.25, 0.3) is 0 Å². The van der Waals surface area contributed by atoms with E-state index < -0.39 is 0 Å². The van der Waals surface area contributed by atoms with Crippen molar-refractivity contribution in [3.8, 4) is 5.75 Å². The van der Waals surface area contributed by atoms with E-state index in [4.69, 9.17) is 4.74 Å². The normalized spacial score (nSPS) is 14.0. The molecule has 0 amide bonds. The minimum atomic E-state index is 0.569. The molecule has 0 aliphatic carbocycles. The summed E-state index contributed by atoms with van der Waals surface area (Å²) in [7, 11) is 0. The van der Waals surface area contributed by atoms with Crippen LogP contribution in [0.15, 0.2) is 24.3 Å². The summed E-state index contributed by atoms with van der Waals surface area (Å²) in [5.41, 5.74) is 1.25. The summed E-state index contributed by atoms with van der Waals surface area (Å²) in [5, 5.41) is 3.67. The van der Waals surface area contributed by atoms with Gasteiger partial charge < -0.3 is 10.1 Å². The van der Waals surface area contributed by atoms with Crippen molar-refractivity contribution in [1.82, 2.24) is 5.32 Å². The predicted octanol–water partition coefficient (Wildman–Crippen LogP) is 4.57. The molecule has 1 aromatic carbocycles. The lowest BCUT2D eigenvalue weighted by molar-refractivity contribution is 0.251. The minimum Gasteiger partial charge on any atom is -0.494 e. The van der Waals surface area contributed by atoms with E-state index in [2.05, 4.69) is 51.2 Å². The summed E-state index contributed by atoms with van der Waals surface area (Å²) < 4.78 is 5.89. The maximum Gasteiger partial charge on any atom is 0.119 e. The highest BCUT2D eigenvalue weighted by Crippen LogP contribution is 2.16. The highest BCUT2D eigenvalue weighted by atomic mass is 16.5. The van der Waals surface area contributed by atoms with Crippen LogP contribution in [-0.4, -0.2) is 19.2 Å². The number of nitrogens with one attached hydrogen (secondary N) is 1. The molecule has 2 heteroatoms. The van der Waals surface area contributed by atoms with Gasteiger partial charge in [0.1, 0.15) is 5.75 Å². The van der Waals surface area contributed by atoms with Crippen molar-refractivity contribution < 1.29 is 4.74 Å². The molecule has 0 radical (unpaired) electrons. The second-order valence-corrected chi connectivity index (χ2v) is 5.78. The molecular formula is C18H31NO. The lowest BCUT2D eigenvalue weighted by Crippen LogP contribution is -2.36. The van der Waals surface area contributed by atoms with Gasteiger partial charge in [-0.2, -0.15) is 0 Å². The summed E-state index contributed by atoms with van der Waals surface area (Å²) in [6.45, 7) is 10.8. The Kier molecular flexibility index (Phi) is 8.36. The largest absolute Gasteiger partial charge is 0.494 e. The van der Waals surface area contributed by atoms with E-state index in [0.717, 1.165) is 25.3 Å². The Hall–Kier alpha value is -1.02. The van der Waals surface area contributed by atoms with Crippen LogP contribution in [0.2, 0.25) is 0 Å². The second kappa shape index (κ2) is 9.82. The zero-order valence-corrected chi connectivity index (χ0v) is 13.6. The first-order chi connectivity index (χ1) is 9.67. The van der Waals surface area contributed by atoms with Crippen LogP contribution in [-0.2, 0) is 0 Å². The number of ether oxygens (including phenoxy) is 1. The fourth-order valence-electron chi connectivity index (χ4n) is 2.58. The Labute approximate surface area is 124 Å². The molecule has 0 fully saturated rings. The molecule has 114 valence electrons. The van der Waals surface area contributed by atoms with Crippen LogP contribution in [0, 0.1) is 12.8 Å². The van der Waals surface area contributed by atoms with Crippen molar-refractivity contribution in [3.05, 3.63) is 29.8 Å². The van der Waals surface area contributed by atoms with Gasteiger partial charge in [-0.15, -0.1) is 0 Å². The van der Waals surface area contributed by atoms with Gasteiger partial charge in [0.15, 0.2) is 0 Å². The lowest BCUT2D eigenvalue weighted by atomic mass is 9.94. The van der Waals surface area contributed by atoms with Crippen molar-refractivity contribution >= 4 is 0 Å². The van der Waals surface area contributed by atoms with Gasteiger partial charge in [-0.3, -0.25) is 0 Å². The summed E-state index contributed by atoms with van der Waals surface area (Å²) in [4.78, 5) is 0. The van der Waals surface area contributed by atoms with Crippen molar-refractivity contribution in [2.45, 2.75) is 59.4 Å². The third-order valence-corrected chi connectivity index (χ3v) is 3.77. The Bertz CT molecular complexity index is 364. The van der Waals surface area contributed by atoms with Crippen LogP contribution in [0.3, 0.4) is 0 Å². The van der Waals surface area contributed by atoms with Crippen LogP contribution in [0.4, 0.5) is 0 Å². The molecule has 0 aromatic heterocycles. The van der Waals surface area contributed by atoms with E-state index in [9.17, 15) is 0 Å². The molecule has 0 aliphatic rings. The fourth-order valence-corrected chi connectivity index (χ4v) is 2.58. The highest BCUT2D eigenvalue weighted by Gasteiger charge is 2.15. The van der Waals surface area contributed by atoms with Gasteiger partial charge in [-0.25, -0.2) is 0 Å². The molecule has 2 atom stereocenters. The molecule has 1 N–H and O–H groups in total. The van der Waals surface area contributed by atoms with Gasteiger partial charge in [0.2, 0.25) is 0 Å². The Morgan fingerprint density at radius 1 is 1.15 bits per heavy atom. The lowest BCUT2D eigenvalue weighted by Gasteiger charge is -2.25. The molecule has 0 spiro atoms. The molecular weight excluding hydrogens is 246 g/mol. The standard InChI is InChI=1S/C18H31NO/c1-5-8-16(4)18(19-12-6-2)11-13-20-17-10-7-9-15(3)14-17/h7,9-10,14,16,18-19H,5-6,8,11-13H2,1-4H3. The number of rotatable bonds is 10. The quantitative estimate of drug-likeness (QED) is 0.676. The zero-order chi connectivity index (χ0) is 14.8. The molecule has 0 saturated heterocycles. The third kappa shape index (κ3) is 6.42. The maximum atomic E-state index is 5.89. The Morgan fingerprint density at radius 2 is 1.95 bits per heavy atom. The van der Waals surface area contributed by atoms with Crippen molar-refractivity contribution in [2.24, 2.45) is 5.92 Å². The highest BCUT2D eigenvalue weighted by molar-refractivity contribution is 5.27. The van der Waals surface area contributed by atoms with Gasteiger partial charge in [0.25, 0.3) is 0 Å². The van der Waals surface area contributed by atoms with Gasteiger partial charge in [-0.1, -0.05) is 39.3 Å². The number of hydrogen-bond acceptors (Lipinski definition) is 2. The van der Waals surface area contributed by atoms with Crippen LogP contribution in [0.1, 0.15) is 52.0 Å². The van der Waals surface area contributed by atoms with Crippen molar-refractivity contribution in [2.75, 3.05) is 13.2 Å². The average molecular weight is 277 g/mol. The van der Waals surface area contributed by atoms with E-state index in [-0.39, 0.29) is 0 Å². The monoisotopic (exact) mass is 277 g/mol. The zero-order valence-electron chi connectivity index (χ0n) is 13.6.